The molecule has 5 rings (SSSR count). The van der Waals surface area contributed by atoms with Gasteiger partial charge in [-0.05, 0) is 71.1 Å². The summed E-state index contributed by atoms with van der Waals surface area (Å²) in [7, 11) is 1.71. The molecule has 1 aliphatic carbocycles. The van der Waals surface area contributed by atoms with Crippen molar-refractivity contribution in [3.63, 3.8) is 0 Å². The van der Waals surface area contributed by atoms with Gasteiger partial charge in [0.05, 0.1) is 17.7 Å². The summed E-state index contributed by atoms with van der Waals surface area (Å²) in [6.45, 7) is 8.47. The van der Waals surface area contributed by atoms with Crippen molar-refractivity contribution in [2.24, 2.45) is 5.92 Å². The molecule has 0 radical (unpaired) electrons. The van der Waals surface area contributed by atoms with Gasteiger partial charge in [-0.2, -0.15) is 0 Å². The Balaban J connectivity index is 1.22. The maximum atomic E-state index is 15.1. The Bertz CT molecular complexity index is 1300. The van der Waals surface area contributed by atoms with Gasteiger partial charge in [0.15, 0.2) is 5.82 Å². The zero-order chi connectivity index (χ0) is 30.0. The van der Waals surface area contributed by atoms with Crippen molar-refractivity contribution in [3.05, 3.63) is 47.5 Å². The molecule has 0 N–H and O–H groups in total. The van der Waals surface area contributed by atoms with E-state index in [0.717, 1.165) is 19.3 Å². The van der Waals surface area contributed by atoms with E-state index in [0.29, 0.717) is 57.2 Å². The van der Waals surface area contributed by atoms with E-state index in [-0.39, 0.29) is 46.9 Å². The normalized spacial score (nSPS) is 19.5. The molecule has 1 atom stereocenters. The average molecular weight is 582 g/mol. The van der Waals surface area contributed by atoms with Crippen molar-refractivity contribution in [3.8, 4) is 11.4 Å². The summed E-state index contributed by atoms with van der Waals surface area (Å²) in [5, 5.41) is 0. The van der Waals surface area contributed by atoms with Crippen LogP contribution in [0.4, 0.5) is 9.18 Å². The molecule has 3 amide bonds. The highest BCUT2D eigenvalue weighted by atomic mass is 19.1. The number of nitrogens with zero attached hydrogens (tertiary/aromatic N) is 5. The highest BCUT2D eigenvalue weighted by molar-refractivity contribution is 5.95. The molecule has 42 heavy (non-hydrogen) atoms. The van der Waals surface area contributed by atoms with E-state index < -0.39 is 11.4 Å². The van der Waals surface area contributed by atoms with Crippen molar-refractivity contribution < 1.29 is 28.2 Å². The second kappa shape index (κ2) is 12.3. The summed E-state index contributed by atoms with van der Waals surface area (Å²) in [4.78, 5) is 52.7. The maximum absolute atomic E-state index is 15.1. The van der Waals surface area contributed by atoms with Crippen molar-refractivity contribution in [1.29, 1.82) is 0 Å². The van der Waals surface area contributed by atoms with Crippen molar-refractivity contribution in [2.75, 3.05) is 39.9 Å². The molecule has 2 saturated heterocycles. The number of halogens is 1. The van der Waals surface area contributed by atoms with Crippen LogP contribution in [-0.2, 0) is 9.47 Å². The summed E-state index contributed by atoms with van der Waals surface area (Å²) < 4.78 is 26.0. The fourth-order valence-electron chi connectivity index (χ4n) is 5.61. The Morgan fingerprint density at radius 1 is 1.00 bits per heavy atom. The number of hydrogen-bond donors (Lipinski definition) is 0. The second-order valence-corrected chi connectivity index (χ2v) is 12.5. The molecular formula is C31H40FN5O5. The second-order valence-electron chi connectivity index (χ2n) is 12.5. The minimum absolute atomic E-state index is 0.00483. The van der Waals surface area contributed by atoms with Gasteiger partial charge >= 0.3 is 6.09 Å². The van der Waals surface area contributed by atoms with Crippen molar-refractivity contribution >= 4 is 17.9 Å². The van der Waals surface area contributed by atoms with Crippen LogP contribution in [0, 0.1) is 11.7 Å². The molecule has 3 fully saturated rings. The van der Waals surface area contributed by atoms with Gasteiger partial charge in [0.1, 0.15) is 11.4 Å². The van der Waals surface area contributed by atoms with Crippen LogP contribution >= 0.6 is 0 Å². The third-order valence-corrected chi connectivity index (χ3v) is 7.94. The molecule has 10 nitrogen and oxygen atoms in total. The number of ether oxygens (including phenoxy) is 2. The highest BCUT2D eigenvalue weighted by Gasteiger charge is 2.40. The Morgan fingerprint density at radius 2 is 1.67 bits per heavy atom. The number of rotatable bonds is 7. The van der Waals surface area contributed by atoms with Crippen LogP contribution in [0.3, 0.4) is 0 Å². The summed E-state index contributed by atoms with van der Waals surface area (Å²) in [5.41, 5.74) is 0.193. The lowest BCUT2D eigenvalue weighted by atomic mass is 10.0. The number of aromatic nitrogens is 2. The van der Waals surface area contributed by atoms with Crippen LogP contribution in [0.2, 0.25) is 0 Å². The summed E-state index contributed by atoms with van der Waals surface area (Å²) in [5.74, 6) is -0.584. The van der Waals surface area contributed by atoms with Gasteiger partial charge in [-0.3, -0.25) is 9.59 Å². The number of carbonyl (C=O) groups excluding carboxylic acids is 3. The summed E-state index contributed by atoms with van der Waals surface area (Å²) in [6, 6.07) is 4.45. The van der Waals surface area contributed by atoms with E-state index in [9.17, 15) is 14.4 Å². The molecule has 1 unspecified atom stereocenters. The lowest BCUT2D eigenvalue weighted by molar-refractivity contribution is 0.0142. The molecule has 1 saturated carbocycles. The lowest BCUT2D eigenvalue weighted by Crippen LogP contribution is -2.50. The topological polar surface area (TPSA) is 105 Å². The van der Waals surface area contributed by atoms with Gasteiger partial charge < -0.3 is 24.2 Å². The van der Waals surface area contributed by atoms with E-state index >= 15 is 4.39 Å². The summed E-state index contributed by atoms with van der Waals surface area (Å²) >= 11 is 0. The first-order chi connectivity index (χ1) is 20.0. The molecule has 1 aromatic heterocycles. The van der Waals surface area contributed by atoms with Crippen LogP contribution in [0.25, 0.3) is 11.4 Å². The lowest BCUT2D eigenvalue weighted by Gasteiger charge is -2.39. The van der Waals surface area contributed by atoms with Gasteiger partial charge in [-0.15, -0.1) is 0 Å². The number of carbonyl (C=O) groups is 3. The Kier molecular flexibility index (Phi) is 8.77. The zero-order valence-corrected chi connectivity index (χ0v) is 24.8. The van der Waals surface area contributed by atoms with Crippen LogP contribution in [-0.4, -0.2) is 100 Å². The SMILES string of the molecule is CN(CC1CCOC1)C(=O)c1ccc(-c2ncc(C(=O)N(C3CC3)C3CCN(C(=O)OC(C)(C)C)CC3)cn2)c(F)c1. The first-order valence-corrected chi connectivity index (χ1v) is 14.8. The van der Waals surface area contributed by atoms with Gasteiger partial charge in [0.2, 0.25) is 0 Å². The number of likely N-dealkylation sites (tertiary alicyclic amines) is 1. The van der Waals surface area contributed by atoms with Gasteiger partial charge in [0, 0.05) is 69.2 Å². The molecular weight excluding hydrogens is 541 g/mol. The standard InChI is InChI=1S/C31H40FN5O5/c1-31(2,3)42-30(40)36-12-9-24(10-13-36)37(23-6-7-23)29(39)22-16-33-27(34-17-22)25-8-5-21(15-26(25)32)28(38)35(4)18-20-11-14-41-19-20/h5,8,15-17,20,23-24H,6-7,9-14,18-19H2,1-4H3. The number of piperidine rings is 1. The number of amides is 3. The molecule has 0 spiro atoms. The van der Waals surface area contributed by atoms with Gasteiger partial charge in [-0.1, -0.05) is 0 Å². The fourth-order valence-corrected chi connectivity index (χ4v) is 5.61. The van der Waals surface area contributed by atoms with Crippen LogP contribution in [0.1, 0.15) is 73.6 Å². The van der Waals surface area contributed by atoms with E-state index in [4.69, 9.17) is 9.47 Å². The van der Waals surface area contributed by atoms with Gasteiger partial charge in [-0.25, -0.2) is 19.2 Å². The number of benzene rings is 1. The third-order valence-electron chi connectivity index (χ3n) is 7.94. The minimum atomic E-state index is -0.603. The minimum Gasteiger partial charge on any atom is -0.444 e. The quantitative estimate of drug-likeness (QED) is 0.478. The molecule has 11 heteroatoms. The fraction of sp³-hybridized carbons (Fsp3) is 0.581. The van der Waals surface area contributed by atoms with Crippen LogP contribution in [0.15, 0.2) is 30.6 Å². The zero-order valence-electron chi connectivity index (χ0n) is 24.8. The molecule has 2 aromatic rings. The van der Waals surface area contributed by atoms with E-state index in [1.54, 1.807) is 22.9 Å². The Labute approximate surface area is 246 Å². The van der Waals surface area contributed by atoms with Crippen molar-refractivity contribution in [1.82, 2.24) is 24.7 Å². The van der Waals surface area contributed by atoms with Gasteiger partial charge in [0.25, 0.3) is 11.8 Å². The molecule has 2 aliphatic heterocycles. The average Bonchev–Trinajstić information content (AvgIpc) is 3.66. The largest absolute Gasteiger partial charge is 0.444 e. The Hall–Kier alpha value is -3.60. The number of hydrogen-bond acceptors (Lipinski definition) is 7. The van der Waals surface area contributed by atoms with E-state index in [2.05, 4.69) is 9.97 Å². The predicted molar refractivity (Wildman–Crippen MR) is 153 cm³/mol. The highest BCUT2D eigenvalue weighted by Crippen LogP contribution is 2.33. The van der Waals surface area contributed by atoms with Crippen molar-refractivity contribution in [2.45, 2.75) is 70.6 Å². The summed E-state index contributed by atoms with van der Waals surface area (Å²) in [6.07, 6.45) is 6.67. The maximum Gasteiger partial charge on any atom is 0.410 e. The molecule has 3 aliphatic rings. The molecule has 226 valence electrons. The first-order valence-electron chi connectivity index (χ1n) is 14.8. The molecule has 0 bridgehead atoms. The van der Waals surface area contributed by atoms with E-state index in [1.165, 1.54) is 24.5 Å². The Morgan fingerprint density at radius 3 is 2.24 bits per heavy atom. The van der Waals surface area contributed by atoms with Crippen LogP contribution in [0.5, 0.6) is 0 Å². The first kappa shape index (κ1) is 29.9. The smallest absolute Gasteiger partial charge is 0.410 e. The molecule has 3 heterocycles. The molecule has 1 aromatic carbocycles. The van der Waals surface area contributed by atoms with Crippen LogP contribution < -0.4 is 0 Å². The predicted octanol–water partition coefficient (Wildman–Crippen LogP) is 4.40. The van der Waals surface area contributed by atoms with E-state index in [1.807, 2.05) is 25.7 Å². The monoisotopic (exact) mass is 581 g/mol. The third kappa shape index (κ3) is 7.06.